The lowest BCUT2D eigenvalue weighted by Crippen LogP contribution is -2.32. The van der Waals surface area contributed by atoms with Crippen molar-refractivity contribution in [2.75, 3.05) is 5.88 Å². The fourth-order valence-corrected chi connectivity index (χ4v) is 0.566. The topological polar surface area (TPSA) is 20.2 Å². The summed E-state index contributed by atoms with van der Waals surface area (Å²) in [6, 6.07) is 0. The van der Waals surface area contributed by atoms with Crippen molar-refractivity contribution in [3.8, 4) is 0 Å². The van der Waals surface area contributed by atoms with E-state index in [1.54, 1.807) is 13.8 Å². The molecule has 1 nitrogen and oxygen atoms in total. The van der Waals surface area contributed by atoms with Crippen LogP contribution in [0.25, 0.3) is 0 Å². The normalized spacial score (nSPS) is 16.1. The van der Waals surface area contributed by atoms with E-state index >= 15 is 0 Å². The van der Waals surface area contributed by atoms with E-state index in [2.05, 4.69) is 0 Å². The molecule has 0 bridgehead atoms. The van der Waals surface area contributed by atoms with Crippen LogP contribution in [0.2, 0.25) is 0 Å². The zero-order chi connectivity index (χ0) is 6.78. The van der Waals surface area contributed by atoms with Crippen molar-refractivity contribution >= 4 is 23.2 Å². The first kappa shape index (κ1) is 8.54. The fraction of sp³-hybridized carbons (Fsp3) is 1.00. The second-order valence-electron chi connectivity index (χ2n) is 2.28. The van der Waals surface area contributed by atoms with Gasteiger partial charge in [-0.2, -0.15) is 0 Å². The molecule has 1 unspecified atom stereocenters. The van der Waals surface area contributed by atoms with Gasteiger partial charge in [0.1, 0.15) is 0 Å². The van der Waals surface area contributed by atoms with Gasteiger partial charge in [-0.3, -0.25) is 0 Å². The highest BCUT2D eigenvalue weighted by Gasteiger charge is 2.22. The first-order chi connectivity index (χ1) is 3.48. The standard InChI is InChI=1S/C5H10Cl2O/c1-5(2,8)4(7)3-6/h4,8H,3H2,1-2H3. The van der Waals surface area contributed by atoms with Crippen LogP contribution in [-0.4, -0.2) is 22.0 Å². The van der Waals surface area contributed by atoms with Crippen molar-refractivity contribution in [2.24, 2.45) is 0 Å². The van der Waals surface area contributed by atoms with Crippen LogP contribution < -0.4 is 0 Å². The predicted molar refractivity (Wildman–Crippen MR) is 36.7 cm³/mol. The molecule has 0 spiro atoms. The number of aliphatic hydroxyl groups is 1. The summed E-state index contributed by atoms with van der Waals surface area (Å²) in [5, 5.41) is 8.71. The van der Waals surface area contributed by atoms with E-state index < -0.39 is 5.60 Å². The molecule has 0 rings (SSSR count). The van der Waals surface area contributed by atoms with Gasteiger partial charge in [-0.25, -0.2) is 0 Å². The van der Waals surface area contributed by atoms with Crippen molar-refractivity contribution in [1.29, 1.82) is 0 Å². The van der Waals surface area contributed by atoms with Crippen molar-refractivity contribution in [3.05, 3.63) is 0 Å². The second kappa shape index (κ2) is 2.90. The molecule has 0 aliphatic rings. The average molecular weight is 157 g/mol. The van der Waals surface area contributed by atoms with Crippen molar-refractivity contribution in [3.63, 3.8) is 0 Å². The minimum absolute atomic E-state index is 0.283. The summed E-state index contributed by atoms with van der Waals surface area (Å²) >= 11 is 10.9. The molecule has 0 aliphatic carbocycles. The van der Waals surface area contributed by atoms with Gasteiger partial charge in [-0.05, 0) is 13.8 Å². The Morgan fingerprint density at radius 1 is 1.62 bits per heavy atom. The smallest absolute Gasteiger partial charge is 0.0766 e. The molecule has 0 saturated carbocycles. The first-order valence-electron chi connectivity index (χ1n) is 2.41. The summed E-state index contributed by atoms with van der Waals surface area (Å²) in [5.41, 5.74) is -0.858. The van der Waals surface area contributed by atoms with Gasteiger partial charge in [0.05, 0.1) is 11.0 Å². The molecule has 0 fully saturated rings. The molecule has 0 radical (unpaired) electrons. The Morgan fingerprint density at radius 2 is 2.00 bits per heavy atom. The molecule has 0 heterocycles. The number of hydrogen-bond acceptors (Lipinski definition) is 1. The molecule has 8 heavy (non-hydrogen) atoms. The van der Waals surface area contributed by atoms with Gasteiger partial charge in [0, 0.05) is 5.88 Å². The molecule has 50 valence electrons. The molecule has 0 amide bonds. The lowest BCUT2D eigenvalue weighted by Gasteiger charge is -2.20. The van der Waals surface area contributed by atoms with E-state index in [0.29, 0.717) is 0 Å². The average Bonchev–Trinajstić information content (AvgIpc) is 1.62. The van der Waals surface area contributed by atoms with Crippen molar-refractivity contribution in [1.82, 2.24) is 0 Å². The molecule has 1 atom stereocenters. The highest BCUT2D eigenvalue weighted by Crippen LogP contribution is 2.15. The van der Waals surface area contributed by atoms with Crippen LogP contribution in [-0.2, 0) is 0 Å². The summed E-state index contributed by atoms with van der Waals surface area (Å²) < 4.78 is 0. The monoisotopic (exact) mass is 156 g/mol. The minimum Gasteiger partial charge on any atom is -0.389 e. The maximum absolute atomic E-state index is 9.07. The van der Waals surface area contributed by atoms with Gasteiger partial charge in [0.2, 0.25) is 0 Å². The molecule has 0 saturated heterocycles. The first-order valence-corrected chi connectivity index (χ1v) is 3.38. The largest absolute Gasteiger partial charge is 0.389 e. The SMILES string of the molecule is CC(C)(O)C(Cl)CCl. The summed E-state index contributed by atoms with van der Waals surface area (Å²) in [4.78, 5) is 0. The predicted octanol–water partition coefficient (Wildman–Crippen LogP) is 1.60. The highest BCUT2D eigenvalue weighted by atomic mass is 35.5. The Labute approximate surface area is 59.6 Å². The number of rotatable bonds is 2. The fourth-order valence-electron chi connectivity index (χ4n) is 0.189. The number of halogens is 2. The second-order valence-corrected chi connectivity index (χ2v) is 3.11. The van der Waals surface area contributed by atoms with Gasteiger partial charge < -0.3 is 5.11 Å². The van der Waals surface area contributed by atoms with Crippen LogP contribution in [0.4, 0.5) is 0 Å². The van der Waals surface area contributed by atoms with Gasteiger partial charge in [-0.15, -0.1) is 23.2 Å². The minimum atomic E-state index is -0.858. The molecule has 0 aromatic carbocycles. The third-order valence-electron chi connectivity index (χ3n) is 0.902. The van der Waals surface area contributed by atoms with E-state index in [9.17, 15) is 0 Å². The van der Waals surface area contributed by atoms with Crippen molar-refractivity contribution in [2.45, 2.75) is 24.8 Å². The van der Waals surface area contributed by atoms with Gasteiger partial charge in [0.25, 0.3) is 0 Å². The van der Waals surface area contributed by atoms with Crippen LogP contribution in [0.5, 0.6) is 0 Å². The Bertz CT molecular complexity index is 67.3. The summed E-state index contributed by atoms with van der Waals surface area (Å²) in [6.07, 6.45) is 0. The molecule has 1 N–H and O–H groups in total. The van der Waals surface area contributed by atoms with Crippen LogP contribution in [0.1, 0.15) is 13.8 Å². The molecular weight excluding hydrogens is 147 g/mol. The number of alkyl halides is 2. The zero-order valence-corrected chi connectivity index (χ0v) is 6.50. The molecular formula is C5H10Cl2O. The lowest BCUT2D eigenvalue weighted by molar-refractivity contribution is 0.0812. The quantitative estimate of drug-likeness (QED) is 0.603. The van der Waals surface area contributed by atoms with Gasteiger partial charge >= 0.3 is 0 Å². The summed E-state index contributed by atoms with van der Waals surface area (Å²) in [6.45, 7) is 3.26. The highest BCUT2D eigenvalue weighted by molar-refractivity contribution is 6.28. The van der Waals surface area contributed by atoms with Crippen LogP contribution >= 0.6 is 23.2 Å². The van der Waals surface area contributed by atoms with Gasteiger partial charge in [-0.1, -0.05) is 0 Å². The Morgan fingerprint density at radius 3 is 2.00 bits per heavy atom. The number of hydrogen-bond donors (Lipinski definition) is 1. The lowest BCUT2D eigenvalue weighted by atomic mass is 10.1. The van der Waals surface area contributed by atoms with Gasteiger partial charge in [0.15, 0.2) is 0 Å². The zero-order valence-electron chi connectivity index (χ0n) is 4.99. The Kier molecular flexibility index (Phi) is 3.10. The van der Waals surface area contributed by atoms with Crippen LogP contribution in [0, 0.1) is 0 Å². The molecule has 3 heteroatoms. The summed E-state index contributed by atoms with van der Waals surface area (Å²) in [7, 11) is 0. The van der Waals surface area contributed by atoms with E-state index in [-0.39, 0.29) is 11.3 Å². The molecule has 0 aromatic heterocycles. The maximum atomic E-state index is 9.07. The third-order valence-corrected chi connectivity index (χ3v) is 2.06. The maximum Gasteiger partial charge on any atom is 0.0766 e. The molecule has 0 aromatic rings. The van der Waals surface area contributed by atoms with Crippen LogP contribution in [0.15, 0.2) is 0 Å². The van der Waals surface area contributed by atoms with E-state index in [1.165, 1.54) is 0 Å². The van der Waals surface area contributed by atoms with E-state index in [4.69, 9.17) is 28.3 Å². The van der Waals surface area contributed by atoms with Crippen molar-refractivity contribution < 1.29 is 5.11 Å². The van der Waals surface area contributed by atoms with Crippen LogP contribution in [0.3, 0.4) is 0 Å². The van der Waals surface area contributed by atoms with E-state index in [0.717, 1.165) is 0 Å². The van der Waals surface area contributed by atoms with E-state index in [1.807, 2.05) is 0 Å². The Balaban J connectivity index is 3.62. The molecule has 0 aliphatic heterocycles. The third kappa shape index (κ3) is 2.75. The summed E-state index contributed by atoms with van der Waals surface area (Å²) in [5.74, 6) is 0.283. The Hall–Kier alpha value is 0.540.